The molecule has 0 aromatic heterocycles. The Labute approximate surface area is 91.0 Å². The third-order valence-electron chi connectivity index (χ3n) is 2.91. The molecule has 15 heavy (non-hydrogen) atoms. The molecule has 0 atom stereocenters. The van der Waals surface area contributed by atoms with Gasteiger partial charge in [0, 0.05) is 31.0 Å². The van der Waals surface area contributed by atoms with Crippen molar-refractivity contribution in [3.05, 3.63) is 0 Å². The van der Waals surface area contributed by atoms with Gasteiger partial charge in [-0.25, -0.2) is 4.79 Å². The number of carboxylic acids is 1. The molecule has 0 amide bonds. The van der Waals surface area contributed by atoms with Gasteiger partial charge < -0.3 is 15.2 Å². The highest BCUT2D eigenvalue weighted by Gasteiger charge is 2.52. The number of piperidine rings is 1. The van der Waals surface area contributed by atoms with Gasteiger partial charge in [0.05, 0.1) is 0 Å². The van der Waals surface area contributed by atoms with Gasteiger partial charge in [-0.1, -0.05) is 0 Å². The summed E-state index contributed by atoms with van der Waals surface area (Å²) in [7, 11) is 1.48. The maximum Gasteiger partial charge on any atom is 0.336 e. The maximum absolute atomic E-state index is 11.3. The van der Waals surface area contributed by atoms with Crippen LogP contribution in [0.15, 0.2) is 0 Å². The summed E-state index contributed by atoms with van der Waals surface area (Å²) in [5, 5.41) is 12.7. The van der Waals surface area contributed by atoms with E-state index in [4.69, 9.17) is 4.74 Å². The lowest BCUT2D eigenvalue weighted by Crippen LogP contribution is -2.66. The van der Waals surface area contributed by atoms with Crippen LogP contribution in [-0.4, -0.2) is 34.9 Å². The summed E-state index contributed by atoms with van der Waals surface area (Å²) in [6.07, 6.45) is 0.963. The number of nitrogens with one attached hydrogen (secondary N) is 1. The van der Waals surface area contributed by atoms with Crippen LogP contribution in [-0.2, 0) is 9.53 Å². The van der Waals surface area contributed by atoms with Crippen molar-refractivity contribution < 1.29 is 14.6 Å². The topological polar surface area (TPSA) is 58.6 Å². The quantitative estimate of drug-likeness (QED) is 0.731. The number of rotatable bonds is 2. The van der Waals surface area contributed by atoms with E-state index in [1.807, 2.05) is 27.7 Å². The first-order valence-corrected chi connectivity index (χ1v) is 5.20. The molecule has 1 fully saturated rings. The lowest BCUT2D eigenvalue weighted by Gasteiger charge is -2.50. The van der Waals surface area contributed by atoms with Crippen LogP contribution < -0.4 is 5.32 Å². The van der Waals surface area contributed by atoms with E-state index in [2.05, 4.69) is 5.32 Å². The Kier molecular flexibility index (Phi) is 2.87. The minimum Gasteiger partial charge on any atom is -0.479 e. The van der Waals surface area contributed by atoms with Gasteiger partial charge in [-0.2, -0.15) is 0 Å². The van der Waals surface area contributed by atoms with E-state index in [1.165, 1.54) is 7.11 Å². The van der Waals surface area contributed by atoms with E-state index < -0.39 is 11.6 Å². The molecular formula is C11H21NO3. The Morgan fingerprint density at radius 3 is 1.87 bits per heavy atom. The summed E-state index contributed by atoms with van der Waals surface area (Å²) < 4.78 is 5.27. The largest absolute Gasteiger partial charge is 0.479 e. The van der Waals surface area contributed by atoms with E-state index in [0.29, 0.717) is 12.8 Å². The highest BCUT2D eigenvalue weighted by molar-refractivity contribution is 5.78. The molecule has 0 radical (unpaired) electrons. The molecule has 1 rings (SSSR count). The van der Waals surface area contributed by atoms with E-state index in [9.17, 15) is 9.90 Å². The number of carbonyl (C=O) groups is 1. The van der Waals surface area contributed by atoms with Gasteiger partial charge in [0.25, 0.3) is 0 Å². The Morgan fingerprint density at radius 2 is 1.60 bits per heavy atom. The molecule has 0 aliphatic carbocycles. The summed E-state index contributed by atoms with van der Waals surface area (Å²) in [4.78, 5) is 11.3. The number of hydrogen-bond acceptors (Lipinski definition) is 3. The zero-order chi connectivity index (χ0) is 11.9. The van der Waals surface area contributed by atoms with Crippen LogP contribution in [0.4, 0.5) is 0 Å². The molecule has 0 aromatic rings. The predicted molar refractivity (Wildman–Crippen MR) is 57.9 cm³/mol. The molecule has 1 saturated heterocycles. The average molecular weight is 215 g/mol. The number of methoxy groups -OCH3 is 1. The van der Waals surface area contributed by atoms with Gasteiger partial charge in [-0.05, 0) is 27.7 Å². The molecule has 88 valence electrons. The first kappa shape index (κ1) is 12.5. The number of carboxylic acid groups (broad SMARTS) is 1. The second-order valence-electron chi connectivity index (χ2n) is 5.75. The molecule has 2 N–H and O–H groups in total. The first-order valence-electron chi connectivity index (χ1n) is 5.20. The lowest BCUT2D eigenvalue weighted by atomic mass is 9.73. The van der Waals surface area contributed by atoms with Gasteiger partial charge in [-0.15, -0.1) is 0 Å². The number of hydrogen-bond donors (Lipinski definition) is 2. The number of aliphatic carboxylic acids is 1. The van der Waals surface area contributed by atoms with Crippen LogP contribution in [0.5, 0.6) is 0 Å². The van der Waals surface area contributed by atoms with Gasteiger partial charge in [0.15, 0.2) is 5.60 Å². The van der Waals surface area contributed by atoms with Crippen LogP contribution in [0.25, 0.3) is 0 Å². The molecule has 4 nitrogen and oxygen atoms in total. The summed E-state index contributed by atoms with van der Waals surface area (Å²) in [5.74, 6) is -0.868. The smallest absolute Gasteiger partial charge is 0.336 e. The molecule has 0 spiro atoms. The zero-order valence-corrected chi connectivity index (χ0v) is 10.2. The van der Waals surface area contributed by atoms with E-state index >= 15 is 0 Å². The van der Waals surface area contributed by atoms with Crippen LogP contribution in [0, 0.1) is 0 Å². The molecule has 0 saturated carbocycles. The third-order valence-corrected chi connectivity index (χ3v) is 2.91. The fourth-order valence-electron chi connectivity index (χ4n) is 2.88. The Hall–Kier alpha value is -0.610. The van der Waals surface area contributed by atoms with Crippen molar-refractivity contribution in [2.45, 2.75) is 57.2 Å². The van der Waals surface area contributed by atoms with E-state index in [1.54, 1.807) is 0 Å². The van der Waals surface area contributed by atoms with Crippen LogP contribution in [0.3, 0.4) is 0 Å². The normalized spacial score (nSPS) is 27.3. The van der Waals surface area contributed by atoms with Crippen molar-refractivity contribution in [1.29, 1.82) is 0 Å². The van der Waals surface area contributed by atoms with Crippen LogP contribution in [0.2, 0.25) is 0 Å². The van der Waals surface area contributed by atoms with Gasteiger partial charge in [0.2, 0.25) is 0 Å². The molecule has 0 bridgehead atoms. The molecule has 1 heterocycles. The molecule has 1 aliphatic heterocycles. The summed E-state index contributed by atoms with van der Waals surface area (Å²) in [5.41, 5.74) is -1.51. The Balaban J connectivity index is 3.05. The highest BCUT2D eigenvalue weighted by Crippen LogP contribution is 2.38. The first-order chi connectivity index (χ1) is 6.63. The average Bonchev–Trinajstić information content (AvgIpc) is 1.97. The SMILES string of the molecule is COC1(C(=O)O)CC(C)(C)NC(C)(C)C1. The second kappa shape index (κ2) is 3.46. The second-order valence-corrected chi connectivity index (χ2v) is 5.75. The monoisotopic (exact) mass is 215 g/mol. The maximum atomic E-state index is 11.3. The van der Waals surface area contributed by atoms with Gasteiger partial charge in [-0.3, -0.25) is 0 Å². The molecule has 0 aromatic carbocycles. The minimum atomic E-state index is -1.06. The molecular weight excluding hydrogens is 194 g/mol. The molecule has 0 unspecified atom stereocenters. The Morgan fingerprint density at radius 1 is 1.20 bits per heavy atom. The summed E-state index contributed by atoms with van der Waals surface area (Å²) in [6.45, 7) is 8.02. The van der Waals surface area contributed by atoms with E-state index in [-0.39, 0.29) is 11.1 Å². The molecule has 1 aliphatic rings. The third kappa shape index (κ3) is 2.49. The standard InChI is InChI=1S/C11H21NO3/c1-9(2)6-11(15-5,8(13)14)7-10(3,4)12-9/h12H,6-7H2,1-5H3,(H,13,14). The van der Waals surface area contributed by atoms with Crippen molar-refractivity contribution in [2.24, 2.45) is 0 Å². The van der Waals surface area contributed by atoms with Gasteiger partial charge in [0.1, 0.15) is 0 Å². The van der Waals surface area contributed by atoms with Crippen molar-refractivity contribution in [2.75, 3.05) is 7.11 Å². The van der Waals surface area contributed by atoms with Gasteiger partial charge >= 0.3 is 5.97 Å². The van der Waals surface area contributed by atoms with Crippen LogP contribution >= 0.6 is 0 Å². The van der Waals surface area contributed by atoms with Crippen molar-refractivity contribution in [3.8, 4) is 0 Å². The highest BCUT2D eigenvalue weighted by atomic mass is 16.5. The summed E-state index contributed by atoms with van der Waals surface area (Å²) >= 11 is 0. The van der Waals surface area contributed by atoms with Crippen molar-refractivity contribution in [1.82, 2.24) is 5.32 Å². The fraction of sp³-hybridized carbons (Fsp3) is 0.909. The number of ether oxygens (including phenoxy) is 1. The lowest BCUT2D eigenvalue weighted by molar-refractivity contribution is -0.173. The van der Waals surface area contributed by atoms with E-state index in [0.717, 1.165) is 0 Å². The Bertz CT molecular complexity index is 255. The van der Waals surface area contributed by atoms with Crippen molar-refractivity contribution in [3.63, 3.8) is 0 Å². The minimum absolute atomic E-state index is 0.226. The predicted octanol–water partition coefficient (Wildman–Crippen LogP) is 1.40. The fourth-order valence-corrected chi connectivity index (χ4v) is 2.88. The van der Waals surface area contributed by atoms with Crippen LogP contribution in [0.1, 0.15) is 40.5 Å². The summed E-state index contributed by atoms with van der Waals surface area (Å²) in [6, 6.07) is 0. The molecule has 4 heteroatoms. The van der Waals surface area contributed by atoms with Crippen molar-refractivity contribution >= 4 is 5.97 Å². The zero-order valence-electron chi connectivity index (χ0n) is 10.2.